The highest BCUT2D eigenvalue weighted by Gasteiger charge is 2.32. The fourth-order valence-corrected chi connectivity index (χ4v) is 5.64. The van der Waals surface area contributed by atoms with E-state index in [9.17, 15) is 18.0 Å². The first-order valence-corrected chi connectivity index (χ1v) is 15.0. The van der Waals surface area contributed by atoms with E-state index in [0.29, 0.717) is 24.6 Å². The fourth-order valence-electron chi connectivity index (χ4n) is 4.23. The third-order valence-electron chi connectivity index (χ3n) is 6.48. The van der Waals surface area contributed by atoms with E-state index in [1.165, 1.54) is 17.0 Å². The maximum atomic E-state index is 14.0. The summed E-state index contributed by atoms with van der Waals surface area (Å²) in [6.07, 6.45) is 0.755. The number of anilines is 1. The van der Waals surface area contributed by atoms with E-state index in [1.54, 1.807) is 43.3 Å². The van der Waals surface area contributed by atoms with Gasteiger partial charge in [0.2, 0.25) is 11.8 Å². The van der Waals surface area contributed by atoms with Gasteiger partial charge >= 0.3 is 0 Å². The van der Waals surface area contributed by atoms with Gasteiger partial charge in [-0.3, -0.25) is 13.9 Å². The number of benzene rings is 3. The van der Waals surface area contributed by atoms with E-state index in [2.05, 4.69) is 5.32 Å². The molecule has 0 fully saturated rings. The standard InChI is InChI=1S/C31H39N3O5S/c1-6-19-32-31(36)25(5)33(21-26-10-8-9-24(4)20-26)30(35)22-34(27-13-15-28(16-14-27)39-7-2)40(37,38)29-17-11-23(3)12-18-29/h8-18,20,25H,6-7,19,21-22H2,1-5H3,(H,32,36). The van der Waals surface area contributed by atoms with E-state index in [-0.39, 0.29) is 17.3 Å². The van der Waals surface area contributed by atoms with Crippen LogP contribution in [0.3, 0.4) is 0 Å². The van der Waals surface area contributed by atoms with Crippen LogP contribution in [0.4, 0.5) is 5.69 Å². The highest BCUT2D eigenvalue weighted by molar-refractivity contribution is 7.92. The minimum absolute atomic E-state index is 0.0683. The van der Waals surface area contributed by atoms with Gasteiger partial charge in [-0.25, -0.2) is 8.42 Å². The van der Waals surface area contributed by atoms with Crippen molar-refractivity contribution in [3.8, 4) is 5.75 Å². The molecule has 0 aliphatic carbocycles. The molecule has 3 aromatic carbocycles. The van der Waals surface area contributed by atoms with Gasteiger partial charge in [-0.05, 0) is 76.1 Å². The molecule has 9 heteroatoms. The minimum Gasteiger partial charge on any atom is -0.494 e. The highest BCUT2D eigenvalue weighted by Crippen LogP contribution is 2.27. The molecule has 0 saturated heterocycles. The first kappa shape index (κ1) is 30.7. The van der Waals surface area contributed by atoms with Gasteiger partial charge in [0.1, 0.15) is 18.3 Å². The van der Waals surface area contributed by atoms with E-state index in [4.69, 9.17) is 4.74 Å². The number of carbonyl (C=O) groups excluding carboxylic acids is 2. The van der Waals surface area contributed by atoms with Crippen molar-refractivity contribution in [1.29, 1.82) is 0 Å². The number of carbonyl (C=O) groups is 2. The first-order chi connectivity index (χ1) is 19.1. The lowest BCUT2D eigenvalue weighted by molar-refractivity contribution is -0.139. The molecule has 40 heavy (non-hydrogen) atoms. The van der Waals surface area contributed by atoms with Gasteiger partial charge in [-0.2, -0.15) is 0 Å². The second-order valence-corrected chi connectivity index (χ2v) is 11.6. The van der Waals surface area contributed by atoms with Gasteiger partial charge in [0.25, 0.3) is 10.0 Å². The Morgan fingerprint density at radius 1 is 0.925 bits per heavy atom. The Morgan fingerprint density at radius 3 is 2.20 bits per heavy atom. The molecule has 0 radical (unpaired) electrons. The van der Waals surface area contributed by atoms with Crippen molar-refractivity contribution in [2.45, 2.75) is 58.5 Å². The predicted octanol–water partition coefficient (Wildman–Crippen LogP) is 4.84. The van der Waals surface area contributed by atoms with Crippen molar-refractivity contribution in [2.75, 3.05) is 24.0 Å². The van der Waals surface area contributed by atoms with Crippen molar-refractivity contribution in [3.05, 3.63) is 89.5 Å². The number of hydrogen-bond acceptors (Lipinski definition) is 5. The summed E-state index contributed by atoms with van der Waals surface area (Å²) < 4.78 is 34.4. The van der Waals surface area contributed by atoms with Crippen LogP contribution < -0.4 is 14.4 Å². The van der Waals surface area contributed by atoms with Crippen LogP contribution in [0.25, 0.3) is 0 Å². The molecular formula is C31H39N3O5S. The molecular weight excluding hydrogens is 526 g/mol. The lowest BCUT2D eigenvalue weighted by Crippen LogP contribution is -2.51. The van der Waals surface area contributed by atoms with E-state index < -0.39 is 28.5 Å². The Morgan fingerprint density at radius 2 is 1.60 bits per heavy atom. The van der Waals surface area contributed by atoms with Crippen molar-refractivity contribution >= 4 is 27.5 Å². The van der Waals surface area contributed by atoms with Crippen LogP contribution in [0.1, 0.15) is 43.9 Å². The molecule has 214 valence electrons. The second kappa shape index (κ2) is 14.0. The van der Waals surface area contributed by atoms with Crippen LogP contribution in [0.5, 0.6) is 5.75 Å². The quantitative estimate of drug-likeness (QED) is 0.320. The summed E-state index contributed by atoms with van der Waals surface area (Å²) in [5.74, 6) is -0.199. The zero-order valence-electron chi connectivity index (χ0n) is 23.9. The lowest BCUT2D eigenvalue weighted by atomic mass is 10.1. The summed E-state index contributed by atoms with van der Waals surface area (Å²) in [6, 6.07) is 19.9. The summed E-state index contributed by atoms with van der Waals surface area (Å²) in [7, 11) is -4.12. The van der Waals surface area contributed by atoms with Crippen LogP contribution in [-0.2, 0) is 26.2 Å². The normalized spacial score (nSPS) is 11.9. The van der Waals surface area contributed by atoms with Crippen LogP contribution in [0.15, 0.2) is 77.7 Å². The second-order valence-electron chi connectivity index (χ2n) is 9.73. The molecule has 0 heterocycles. The Hall–Kier alpha value is -3.85. The number of aryl methyl sites for hydroxylation is 2. The van der Waals surface area contributed by atoms with Crippen molar-refractivity contribution in [2.24, 2.45) is 0 Å². The third kappa shape index (κ3) is 7.85. The molecule has 0 saturated carbocycles. The van der Waals surface area contributed by atoms with Gasteiger partial charge in [-0.1, -0.05) is 54.4 Å². The predicted molar refractivity (Wildman–Crippen MR) is 158 cm³/mol. The summed E-state index contributed by atoms with van der Waals surface area (Å²) >= 11 is 0. The Bertz CT molecular complexity index is 1390. The van der Waals surface area contributed by atoms with Crippen molar-refractivity contribution < 1.29 is 22.7 Å². The summed E-state index contributed by atoms with van der Waals surface area (Å²) in [5.41, 5.74) is 3.10. The number of nitrogens with zero attached hydrogens (tertiary/aromatic N) is 2. The zero-order chi connectivity index (χ0) is 29.3. The topological polar surface area (TPSA) is 96.0 Å². The average Bonchev–Trinajstić information content (AvgIpc) is 2.93. The number of rotatable bonds is 13. The number of sulfonamides is 1. The van der Waals surface area contributed by atoms with Crippen LogP contribution >= 0.6 is 0 Å². The molecule has 0 aromatic heterocycles. The average molecular weight is 566 g/mol. The third-order valence-corrected chi connectivity index (χ3v) is 8.26. The maximum Gasteiger partial charge on any atom is 0.264 e. The molecule has 0 aliphatic rings. The van der Waals surface area contributed by atoms with Gasteiger partial charge in [-0.15, -0.1) is 0 Å². The molecule has 3 aromatic rings. The van der Waals surface area contributed by atoms with Gasteiger partial charge < -0.3 is 15.0 Å². The SMILES string of the molecule is CCCNC(=O)C(C)N(Cc1cccc(C)c1)C(=O)CN(c1ccc(OCC)cc1)S(=O)(=O)c1ccc(C)cc1. The van der Waals surface area contributed by atoms with Crippen molar-refractivity contribution in [3.63, 3.8) is 0 Å². The van der Waals surface area contributed by atoms with Crippen LogP contribution in [0, 0.1) is 13.8 Å². The number of amides is 2. The minimum atomic E-state index is -4.12. The number of ether oxygens (including phenoxy) is 1. The molecule has 1 N–H and O–H groups in total. The fraction of sp³-hybridized carbons (Fsp3) is 0.355. The lowest BCUT2D eigenvalue weighted by Gasteiger charge is -2.32. The van der Waals surface area contributed by atoms with E-state index in [0.717, 1.165) is 27.4 Å². The molecule has 3 rings (SSSR count). The Balaban J connectivity index is 2.02. The molecule has 0 aliphatic heterocycles. The zero-order valence-corrected chi connectivity index (χ0v) is 24.7. The van der Waals surface area contributed by atoms with Gasteiger partial charge in [0.05, 0.1) is 17.2 Å². The largest absolute Gasteiger partial charge is 0.494 e. The molecule has 1 unspecified atom stereocenters. The molecule has 1 atom stereocenters. The molecule has 2 amide bonds. The monoisotopic (exact) mass is 565 g/mol. The number of nitrogens with one attached hydrogen (secondary N) is 1. The maximum absolute atomic E-state index is 14.0. The Labute approximate surface area is 238 Å². The molecule has 0 bridgehead atoms. The van der Waals surface area contributed by atoms with Crippen molar-refractivity contribution in [1.82, 2.24) is 10.2 Å². The van der Waals surface area contributed by atoms with Gasteiger partial charge in [0.15, 0.2) is 0 Å². The summed E-state index contributed by atoms with van der Waals surface area (Å²) in [4.78, 5) is 28.4. The van der Waals surface area contributed by atoms with Crippen LogP contribution in [0.2, 0.25) is 0 Å². The first-order valence-electron chi connectivity index (χ1n) is 13.5. The summed E-state index contributed by atoms with van der Waals surface area (Å²) in [6.45, 7) is 9.92. The van der Waals surface area contributed by atoms with Crippen LogP contribution in [-0.4, -0.2) is 50.9 Å². The number of hydrogen-bond donors (Lipinski definition) is 1. The van der Waals surface area contributed by atoms with E-state index in [1.807, 2.05) is 52.0 Å². The summed E-state index contributed by atoms with van der Waals surface area (Å²) in [5, 5.41) is 2.85. The molecule has 8 nitrogen and oxygen atoms in total. The smallest absolute Gasteiger partial charge is 0.264 e. The molecule has 0 spiro atoms. The van der Waals surface area contributed by atoms with Gasteiger partial charge in [0, 0.05) is 13.1 Å². The highest BCUT2D eigenvalue weighted by atomic mass is 32.2. The Kier molecular flexibility index (Phi) is 10.7. The van der Waals surface area contributed by atoms with E-state index >= 15 is 0 Å².